The summed E-state index contributed by atoms with van der Waals surface area (Å²) in [5.74, 6) is -2.29. The molecule has 1 saturated heterocycles. The molecule has 1 aliphatic heterocycles. The number of carboxylic acid groups (broad SMARTS) is 1. The Morgan fingerprint density at radius 2 is 1.91 bits per heavy atom. The summed E-state index contributed by atoms with van der Waals surface area (Å²) >= 11 is 0. The fourth-order valence-corrected chi connectivity index (χ4v) is 2.97. The molecule has 4 atom stereocenters. The zero-order chi connectivity index (χ0) is 15.9. The van der Waals surface area contributed by atoms with Crippen molar-refractivity contribution in [3.8, 4) is 0 Å². The van der Waals surface area contributed by atoms with E-state index in [1.807, 2.05) is 6.92 Å². The third kappa shape index (κ3) is 2.97. The minimum absolute atomic E-state index is 0.116. The van der Waals surface area contributed by atoms with Crippen molar-refractivity contribution in [3.05, 3.63) is 35.6 Å². The molecule has 6 heteroatoms. The van der Waals surface area contributed by atoms with Crippen LogP contribution in [0.1, 0.15) is 25.0 Å². The third-order valence-electron chi connectivity index (χ3n) is 4.24. The van der Waals surface area contributed by atoms with Gasteiger partial charge in [-0.05, 0) is 31.0 Å². The van der Waals surface area contributed by atoms with Crippen molar-refractivity contribution in [1.82, 2.24) is 4.90 Å². The van der Waals surface area contributed by atoms with Gasteiger partial charge in [-0.3, -0.25) is 9.59 Å². The van der Waals surface area contributed by atoms with E-state index in [0.717, 1.165) is 5.56 Å². The maximum absolute atomic E-state index is 13.0. The molecule has 5 nitrogen and oxygen atoms in total. The van der Waals surface area contributed by atoms with Crippen molar-refractivity contribution < 1.29 is 23.8 Å². The second kappa shape index (κ2) is 5.68. The number of aliphatic carboxylic acids is 1. The molecule has 1 heterocycles. The Kier molecular flexibility index (Phi) is 3.87. The van der Waals surface area contributed by atoms with E-state index in [-0.39, 0.29) is 23.9 Å². The highest BCUT2D eigenvalue weighted by atomic mass is 19.1. The summed E-state index contributed by atoms with van der Waals surface area (Å²) in [5, 5.41) is 8.95. The lowest BCUT2D eigenvalue weighted by Crippen LogP contribution is -2.46. The summed E-state index contributed by atoms with van der Waals surface area (Å²) in [4.78, 5) is 25.0. The lowest BCUT2D eigenvalue weighted by atomic mass is 10.1. The summed E-state index contributed by atoms with van der Waals surface area (Å²) in [6.07, 6.45) is -0.0358. The third-order valence-corrected chi connectivity index (χ3v) is 4.24. The average molecular weight is 307 g/mol. The molecule has 0 bridgehead atoms. The first-order chi connectivity index (χ1) is 10.5. The number of ether oxygens (including phenoxy) is 1. The molecule has 1 aliphatic carbocycles. The highest BCUT2D eigenvalue weighted by Crippen LogP contribution is 2.41. The van der Waals surface area contributed by atoms with Crippen molar-refractivity contribution in [2.75, 3.05) is 13.1 Å². The molecule has 1 N–H and O–H groups in total. The van der Waals surface area contributed by atoms with Crippen molar-refractivity contribution in [2.24, 2.45) is 11.8 Å². The van der Waals surface area contributed by atoms with E-state index in [9.17, 15) is 14.0 Å². The Hall–Kier alpha value is -1.95. The lowest BCUT2D eigenvalue weighted by molar-refractivity contribution is -0.149. The summed E-state index contributed by atoms with van der Waals surface area (Å²) in [6.45, 7) is 2.70. The van der Waals surface area contributed by atoms with Crippen LogP contribution in [0.3, 0.4) is 0 Å². The van der Waals surface area contributed by atoms with Gasteiger partial charge in [0.1, 0.15) is 11.9 Å². The van der Waals surface area contributed by atoms with E-state index in [1.54, 1.807) is 17.0 Å². The Morgan fingerprint density at radius 1 is 1.23 bits per heavy atom. The van der Waals surface area contributed by atoms with Crippen LogP contribution in [0, 0.1) is 17.7 Å². The fourth-order valence-electron chi connectivity index (χ4n) is 2.97. The van der Waals surface area contributed by atoms with Crippen molar-refractivity contribution in [2.45, 2.75) is 25.6 Å². The average Bonchev–Trinajstić information content (AvgIpc) is 3.27. The van der Waals surface area contributed by atoms with E-state index in [1.165, 1.54) is 12.1 Å². The molecule has 1 aromatic carbocycles. The van der Waals surface area contributed by atoms with Gasteiger partial charge in [0.25, 0.3) is 0 Å². The molecule has 0 spiro atoms. The number of benzene rings is 1. The van der Waals surface area contributed by atoms with Crippen LogP contribution in [-0.2, 0) is 14.3 Å². The molecule has 3 rings (SSSR count). The van der Waals surface area contributed by atoms with E-state index in [0.29, 0.717) is 19.5 Å². The zero-order valence-corrected chi connectivity index (χ0v) is 12.2. The van der Waals surface area contributed by atoms with Gasteiger partial charge in [-0.1, -0.05) is 12.1 Å². The number of hydrogen-bond donors (Lipinski definition) is 1. The van der Waals surface area contributed by atoms with Gasteiger partial charge in [0.05, 0.1) is 24.5 Å². The smallest absolute Gasteiger partial charge is 0.307 e. The van der Waals surface area contributed by atoms with Gasteiger partial charge in [0, 0.05) is 6.54 Å². The molecule has 2 aliphatic rings. The number of nitrogens with zero attached hydrogens (tertiary/aromatic N) is 1. The first-order valence-corrected chi connectivity index (χ1v) is 7.38. The number of halogens is 1. The highest BCUT2D eigenvalue weighted by molar-refractivity contribution is 5.89. The van der Waals surface area contributed by atoms with Crippen LogP contribution in [0.15, 0.2) is 24.3 Å². The number of rotatable bonds is 3. The van der Waals surface area contributed by atoms with E-state index < -0.39 is 17.8 Å². The van der Waals surface area contributed by atoms with Gasteiger partial charge in [0.15, 0.2) is 0 Å². The van der Waals surface area contributed by atoms with E-state index in [4.69, 9.17) is 9.84 Å². The van der Waals surface area contributed by atoms with Crippen molar-refractivity contribution in [3.63, 3.8) is 0 Å². The Morgan fingerprint density at radius 3 is 2.50 bits per heavy atom. The maximum atomic E-state index is 13.0. The summed E-state index contributed by atoms with van der Waals surface area (Å²) in [7, 11) is 0. The van der Waals surface area contributed by atoms with Crippen LogP contribution in [0.25, 0.3) is 0 Å². The number of carbonyl (C=O) groups is 2. The molecule has 2 fully saturated rings. The van der Waals surface area contributed by atoms with Crippen LogP contribution in [0.4, 0.5) is 4.39 Å². The monoisotopic (exact) mass is 307 g/mol. The predicted octanol–water partition coefficient (Wildman–Crippen LogP) is 1.83. The van der Waals surface area contributed by atoms with Crippen LogP contribution in [-0.4, -0.2) is 41.1 Å². The van der Waals surface area contributed by atoms with Crippen LogP contribution in [0.2, 0.25) is 0 Å². The number of carbonyl (C=O) groups excluding carboxylic acids is 1. The summed E-state index contributed by atoms with van der Waals surface area (Å²) in [6, 6.07) is 6.03. The molecule has 0 aromatic heterocycles. The fraction of sp³-hybridized carbons (Fsp3) is 0.500. The van der Waals surface area contributed by atoms with Crippen LogP contribution >= 0.6 is 0 Å². The van der Waals surface area contributed by atoms with E-state index in [2.05, 4.69) is 0 Å². The van der Waals surface area contributed by atoms with E-state index >= 15 is 0 Å². The molecular weight excluding hydrogens is 289 g/mol. The van der Waals surface area contributed by atoms with Gasteiger partial charge >= 0.3 is 5.97 Å². The summed E-state index contributed by atoms with van der Waals surface area (Å²) in [5.41, 5.74) is 0.816. The molecule has 0 unspecified atom stereocenters. The van der Waals surface area contributed by atoms with Crippen molar-refractivity contribution in [1.29, 1.82) is 0 Å². The minimum Gasteiger partial charge on any atom is -0.481 e. The molecule has 22 heavy (non-hydrogen) atoms. The molecule has 1 saturated carbocycles. The quantitative estimate of drug-likeness (QED) is 0.925. The Bertz CT molecular complexity index is 588. The predicted molar refractivity (Wildman–Crippen MR) is 75.5 cm³/mol. The van der Waals surface area contributed by atoms with Crippen LogP contribution < -0.4 is 0 Å². The first-order valence-electron chi connectivity index (χ1n) is 7.38. The maximum Gasteiger partial charge on any atom is 0.307 e. The van der Waals surface area contributed by atoms with Crippen molar-refractivity contribution >= 4 is 11.9 Å². The normalized spacial score (nSPS) is 30.9. The van der Waals surface area contributed by atoms with Gasteiger partial charge < -0.3 is 14.7 Å². The summed E-state index contributed by atoms with van der Waals surface area (Å²) < 4.78 is 18.8. The molecule has 1 aromatic rings. The van der Waals surface area contributed by atoms with Gasteiger partial charge in [-0.25, -0.2) is 4.39 Å². The Balaban J connectivity index is 1.70. The molecule has 118 valence electrons. The largest absolute Gasteiger partial charge is 0.481 e. The Labute approximate surface area is 127 Å². The zero-order valence-electron chi connectivity index (χ0n) is 12.2. The van der Waals surface area contributed by atoms with Crippen LogP contribution in [0.5, 0.6) is 0 Å². The lowest BCUT2D eigenvalue weighted by Gasteiger charge is -2.37. The highest BCUT2D eigenvalue weighted by Gasteiger charge is 2.50. The molecule has 1 amide bonds. The number of amides is 1. The topological polar surface area (TPSA) is 66.8 Å². The molecule has 0 radical (unpaired) electrons. The SMILES string of the molecule is C[C@@H]1CN(C(=O)[C@@H]2C[C@@H]2C(=O)O)C[C@@H](c2ccc(F)cc2)O1. The molecular formula is C16H18FNO4. The number of morpholine rings is 1. The van der Waals surface area contributed by atoms with Gasteiger partial charge in [0.2, 0.25) is 5.91 Å². The standard InChI is InChI=1S/C16H18FNO4/c1-9-7-18(15(19)12-6-13(12)16(20)21)8-14(22-9)10-2-4-11(17)5-3-10/h2-5,9,12-14H,6-8H2,1H3,(H,20,21)/t9-,12-,13+,14+/m1/s1. The minimum atomic E-state index is -0.908. The second-order valence-electron chi connectivity index (χ2n) is 6.02. The van der Waals surface area contributed by atoms with Gasteiger partial charge in [-0.2, -0.15) is 0 Å². The number of hydrogen-bond acceptors (Lipinski definition) is 3. The number of carboxylic acids is 1. The first kappa shape index (κ1) is 15.0. The second-order valence-corrected chi connectivity index (χ2v) is 6.02. The van der Waals surface area contributed by atoms with Gasteiger partial charge in [-0.15, -0.1) is 0 Å².